The average Bonchev–Trinajstić information content (AvgIpc) is 3.45. The standard InChI is InChI=1S/C38H36N2O6Se/c1-3-25-44-34-35(47-31-17-11-6-12-18-31)32(46-36(34)40-24-23-33(41)39-37(40)42)26-45-38(27-13-7-4-8-14-27,28-15-9-5-10-16-28)29-19-21-30(43-2)22-20-29/h3-24,32,34-36H,1,25-26H2,2H3,(H,39,41,42)/t32-,34-,35+,36-/m1/s1. The minimum absolute atomic E-state index is 0.135. The number of nitrogens with zero attached hydrogens (tertiary/aromatic N) is 1. The summed E-state index contributed by atoms with van der Waals surface area (Å²) in [6.07, 6.45) is 1.35. The van der Waals surface area contributed by atoms with E-state index in [2.05, 4.69) is 48.0 Å². The maximum absolute atomic E-state index is 13.1. The third-order valence-electron chi connectivity index (χ3n) is 8.15. The van der Waals surface area contributed by atoms with Crippen molar-refractivity contribution < 1.29 is 18.9 Å². The molecule has 0 bridgehead atoms. The fourth-order valence-corrected chi connectivity index (χ4v) is 8.64. The molecule has 0 amide bonds. The van der Waals surface area contributed by atoms with Gasteiger partial charge in [-0.25, -0.2) is 0 Å². The number of hydrogen-bond acceptors (Lipinski definition) is 6. The van der Waals surface area contributed by atoms with Crippen molar-refractivity contribution in [3.8, 4) is 5.75 Å². The average molecular weight is 696 g/mol. The van der Waals surface area contributed by atoms with Crippen molar-refractivity contribution >= 4 is 19.4 Å². The van der Waals surface area contributed by atoms with Gasteiger partial charge < -0.3 is 0 Å². The third-order valence-corrected chi connectivity index (χ3v) is 11.1. The van der Waals surface area contributed by atoms with Gasteiger partial charge in [0.15, 0.2) is 0 Å². The number of methoxy groups -OCH3 is 1. The normalized spacial score (nSPS) is 19.3. The maximum atomic E-state index is 13.1. The van der Waals surface area contributed by atoms with Gasteiger partial charge in [-0.15, -0.1) is 0 Å². The van der Waals surface area contributed by atoms with Crippen molar-refractivity contribution in [1.29, 1.82) is 0 Å². The number of rotatable bonds is 13. The Labute approximate surface area is 279 Å². The van der Waals surface area contributed by atoms with Crippen molar-refractivity contribution in [1.82, 2.24) is 9.55 Å². The van der Waals surface area contributed by atoms with E-state index < -0.39 is 35.3 Å². The first kappa shape index (κ1) is 32.4. The summed E-state index contributed by atoms with van der Waals surface area (Å²) < 4.78 is 28.4. The number of hydrogen-bond donors (Lipinski definition) is 1. The van der Waals surface area contributed by atoms with Crippen molar-refractivity contribution in [2.45, 2.75) is 28.9 Å². The summed E-state index contributed by atoms with van der Waals surface area (Å²) in [7, 11) is 1.65. The summed E-state index contributed by atoms with van der Waals surface area (Å²) in [4.78, 5) is 27.2. The summed E-state index contributed by atoms with van der Waals surface area (Å²) in [5.74, 6) is 0.741. The van der Waals surface area contributed by atoms with Crippen LogP contribution in [0.2, 0.25) is 4.82 Å². The molecule has 240 valence electrons. The van der Waals surface area contributed by atoms with E-state index in [1.54, 1.807) is 13.2 Å². The number of ether oxygens (including phenoxy) is 4. The predicted molar refractivity (Wildman–Crippen MR) is 182 cm³/mol. The minimum atomic E-state index is -1.01. The van der Waals surface area contributed by atoms with Crippen LogP contribution in [0.1, 0.15) is 22.9 Å². The molecule has 1 fully saturated rings. The van der Waals surface area contributed by atoms with Gasteiger partial charge in [-0.1, -0.05) is 0 Å². The van der Waals surface area contributed by atoms with Gasteiger partial charge in [-0.2, -0.15) is 0 Å². The van der Waals surface area contributed by atoms with E-state index in [0.717, 1.165) is 26.9 Å². The van der Waals surface area contributed by atoms with Gasteiger partial charge in [0.2, 0.25) is 0 Å². The van der Waals surface area contributed by atoms with Crippen LogP contribution in [0.25, 0.3) is 0 Å². The van der Waals surface area contributed by atoms with Crippen molar-refractivity contribution in [2.75, 3.05) is 20.3 Å². The van der Waals surface area contributed by atoms with E-state index >= 15 is 0 Å². The Morgan fingerprint density at radius 1 is 0.851 bits per heavy atom. The Morgan fingerprint density at radius 2 is 1.45 bits per heavy atom. The molecule has 1 aromatic heterocycles. The van der Waals surface area contributed by atoms with Gasteiger partial charge in [0.05, 0.1) is 0 Å². The second kappa shape index (κ2) is 14.9. The number of H-pyrrole nitrogens is 1. The molecular weight excluding hydrogens is 659 g/mol. The molecule has 4 atom stereocenters. The van der Waals surface area contributed by atoms with Crippen LogP contribution in [0.4, 0.5) is 0 Å². The first-order chi connectivity index (χ1) is 23.0. The molecule has 1 N–H and O–H groups in total. The molecule has 0 radical (unpaired) electrons. The van der Waals surface area contributed by atoms with Gasteiger partial charge >= 0.3 is 281 Å². The van der Waals surface area contributed by atoms with E-state index in [0.29, 0.717) is 0 Å². The fraction of sp³-hybridized carbons (Fsp3) is 0.211. The molecule has 0 saturated carbocycles. The van der Waals surface area contributed by atoms with E-state index in [9.17, 15) is 9.59 Å². The number of benzene rings is 4. The molecule has 4 aromatic carbocycles. The van der Waals surface area contributed by atoms with Gasteiger partial charge in [-0.05, 0) is 0 Å². The molecular formula is C38H36N2O6Se. The summed E-state index contributed by atoms with van der Waals surface area (Å²) >= 11 is -0.135. The summed E-state index contributed by atoms with van der Waals surface area (Å²) in [5, 5.41) is 0. The van der Waals surface area contributed by atoms with Gasteiger partial charge in [-0.3, -0.25) is 0 Å². The van der Waals surface area contributed by atoms with Crippen LogP contribution in [0.3, 0.4) is 0 Å². The quantitative estimate of drug-likeness (QED) is 0.108. The molecule has 1 aliphatic heterocycles. The Balaban J connectivity index is 1.45. The zero-order valence-electron chi connectivity index (χ0n) is 25.9. The van der Waals surface area contributed by atoms with Crippen LogP contribution >= 0.6 is 0 Å². The number of aromatic nitrogens is 2. The monoisotopic (exact) mass is 696 g/mol. The molecule has 1 saturated heterocycles. The predicted octanol–water partition coefficient (Wildman–Crippen LogP) is 4.84. The molecule has 8 nitrogen and oxygen atoms in total. The molecule has 0 unspecified atom stereocenters. The topological polar surface area (TPSA) is 91.8 Å². The zero-order chi connectivity index (χ0) is 32.6. The van der Waals surface area contributed by atoms with Gasteiger partial charge in [0.1, 0.15) is 0 Å². The Morgan fingerprint density at radius 3 is 2.02 bits per heavy atom. The number of nitrogens with one attached hydrogen (secondary N) is 1. The van der Waals surface area contributed by atoms with E-state index in [1.807, 2.05) is 78.9 Å². The fourth-order valence-electron chi connectivity index (χ4n) is 5.98. The van der Waals surface area contributed by atoms with Crippen LogP contribution < -0.4 is 20.4 Å². The van der Waals surface area contributed by atoms with Gasteiger partial charge in [0.25, 0.3) is 0 Å². The molecule has 1 aliphatic rings. The Kier molecular flexibility index (Phi) is 10.3. The molecule has 5 aromatic rings. The van der Waals surface area contributed by atoms with Crippen LogP contribution in [0.15, 0.2) is 150 Å². The van der Waals surface area contributed by atoms with E-state index in [1.165, 1.54) is 16.8 Å². The molecule has 0 spiro atoms. The van der Waals surface area contributed by atoms with Crippen LogP contribution in [0, 0.1) is 0 Å². The molecule has 0 aliphatic carbocycles. The van der Waals surface area contributed by atoms with Crippen molar-refractivity contribution in [3.63, 3.8) is 0 Å². The second-order valence-electron chi connectivity index (χ2n) is 11.0. The Bertz CT molecular complexity index is 1820. The van der Waals surface area contributed by atoms with E-state index in [-0.39, 0.29) is 33.0 Å². The molecule has 2 heterocycles. The SMILES string of the molecule is C=CCO[C@@H]1[C@@H]([Se]c2ccccc2)[C@@H](COC(c2ccccc2)(c2ccccc2)c2ccc(OC)cc2)O[C@H]1n1ccc(=O)[nH]c1=O. The first-order valence-corrected chi connectivity index (χ1v) is 17.2. The zero-order valence-corrected chi connectivity index (χ0v) is 27.7. The molecule has 9 heteroatoms. The van der Waals surface area contributed by atoms with Crippen molar-refractivity contribution in [2.24, 2.45) is 0 Å². The van der Waals surface area contributed by atoms with Crippen LogP contribution in [-0.2, 0) is 19.8 Å². The molecule has 6 rings (SSSR count). The summed E-state index contributed by atoms with van der Waals surface area (Å²) in [5.41, 5.74) is 0.773. The van der Waals surface area contributed by atoms with Crippen LogP contribution in [0.5, 0.6) is 5.75 Å². The summed E-state index contributed by atoms with van der Waals surface area (Å²) in [6, 6.07) is 39.7. The van der Waals surface area contributed by atoms with Crippen molar-refractivity contribution in [3.05, 3.63) is 178 Å². The third kappa shape index (κ3) is 6.95. The number of aromatic amines is 1. The first-order valence-electron chi connectivity index (χ1n) is 15.3. The van der Waals surface area contributed by atoms with Gasteiger partial charge in [0, 0.05) is 0 Å². The van der Waals surface area contributed by atoms with E-state index in [4.69, 9.17) is 18.9 Å². The second-order valence-corrected chi connectivity index (χ2v) is 13.6. The molecule has 47 heavy (non-hydrogen) atoms. The Hall–Kier alpha value is -4.50. The van der Waals surface area contributed by atoms with Crippen LogP contribution in [-0.4, -0.2) is 57.0 Å². The summed E-state index contributed by atoms with van der Waals surface area (Å²) in [6.45, 7) is 4.29.